The van der Waals surface area contributed by atoms with E-state index in [1.807, 2.05) is 26.8 Å². The Bertz CT molecular complexity index is 567. The second-order valence-electron chi connectivity index (χ2n) is 6.89. The van der Waals surface area contributed by atoms with Gasteiger partial charge in [-0.2, -0.15) is 0 Å². The van der Waals surface area contributed by atoms with Crippen LogP contribution in [-0.2, 0) is 4.74 Å². The van der Waals surface area contributed by atoms with Gasteiger partial charge in [0.1, 0.15) is 17.5 Å². The van der Waals surface area contributed by atoms with Crippen LogP contribution in [0.4, 0.5) is 4.79 Å². The lowest BCUT2D eigenvalue weighted by Crippen LogP contribution is -2.35. The molecule has 0 aliphatic heterocycles. The SMILES string of the molecule is CC(C)C(CCNC(=O)OC(C)(C)C)Oc1cccc(C=O)c1Br. The van der Waals surface area contributed by atoms with Crippen molar-refractivity contribution in [1.29, 1.82) is 0 Å². The summed E-state index contributed by atoms with van der Waals surface area (Å²) in [6.07, 6.45) is 0.882. The van der Waals surface area contributed by atoms with E-state index in [9.17, 15) is 9.59 Å². The summed E-state index contributed by atoms with van der Waals surface area (Å²) in [7, 11) is 0. The van der Waals surface area contributed by atoms with Crippen molar-refractivity contribution in [3.8, 4) is 5.75 Å². The molecule has 0 fully saturated rings. The zero-order valence-electron chi connectivity index (χ0n) is 14.9. The lowest BCUT2D eigenvalue weighted by atomic mass is 10.0. The van der Waals surface area contributed by atoms with E-state index in [1.54, 1.807) is 12.1 Å². The van der Waals surface area contributed by atoms with Gasteiger partial charge in [0.15, 0.2) is 6.29 Å². The molecule has 1 aromatic rings. The number of ether oxygens (including phenoxy) is 2. The van der Waals surface area contributed by atoms with E-state index in [0.717, 1.165) is 6.29 Å². The van der Waals surface area contributed by atoms with E-state index in [1.165, 1.54) is 0 Å². The fourth-order valence-corrected chi connectivity index (χ4v) is 2.48. The number of aldehydes is 1. The Morgan fingerprint density at radius 1 is 1.33 bits per heavy atom. The molecular weight excluding hydrogens is 374 g/mol. The maximum atomic E-state index is 11.7. The molecule has 6 heteroatoms. The summed E-state index contributed by atoms with van der Waals surface area (Å²) < 4.78 is 11.9. The molecule has 0 saturated heterocycles. The summed E-state index contributed by atoms with van der Waals surface area (Å²) in [5.41, 5.74) is 0.0277. The van der Waals surface area contributed by atoms with Gasteiger partial charge in [-0.15, -0.1) is 0 Å². The van der Waals surface area contributed by atoms with Gasteiger partial charge < -0.3 is 14.8 Å². The third-order valence-electron chi connectivity index (χ3n) is 3.24. The second kappa shape index (κ2) is 9.06. The Hall–Kier alpha value is -1.56. The average molecular weight is 400 g/mol. The molecule has 0 bridgehead atoms. The first kappa shape index (κ1) is 20.5. The average Bonchev–Trinajstić information content (AvgIpc) is 2.46. The quantitative estimate of drug-likeness (QED) is 0.681. The summed E-state index contributed by atoms with van der Waals surface area (Å²) in [6, 6.07) is 5.31. The summed E-state index contributed by atoms with van der Waals surface area (Å²) in [4.78, 5) is 22.7. The highest BCUT2D eigenvalue weighted by molar-refractivity contribution is 9.10. The summed E-state index contributed by atoms with van der Waals surface area (Å²) in [5, 5.41) is 2.74. The smallest absolute Gasteiger partial charge is 0.407 e. The van der Waals surface area contributed by atoms with Crippen LogP contribution < -0.4 is 10.1 Å². The number of carbonyl (C=O) groups is 2. The summed E-state index contributed by atoms with van der Waals surface area (Å²) in [6.45, 7) is 10.0. The Kier molecular flexibility index (Phi) is 7.73. The fraction of sp³-hybridized carbons (Fsp3) is 0.556. The minimum atomic E-state index is -0.516. The number of carbonyl (C=O) groups excluding carboxylic acids is 2. The van der Waals surface area contributed by atoms with Crippen LogP contribution in [-0.4, -0.2) is 30.6 Å². The Morgan fingerprint density at radius 2 is 2.00 bits per heavy atom. The van der Waals surface area contributed by atoms with Crippen LogP contribution in [0.2, 0.25) is 0 Å². The third-order valence-corrected chi connectivity index (χ3v) is 4.09. The molecular formula is C18H26BrNO4. The number of hydrogen-bond donors (Lipinski definition) is 1. The Morgan fingerprint density at radius 3 is 2.54 bits per heavy atom. The van der Waals surface area contributed by atoms with Gasteiger partial charge in [-0.1, -0.05) is 26.0 Å². The number of hydrogen-bond acceptors (Lipinski definition) is 4. The lowest BCUT2D eigenvalue weighted by molar-refractivity contribution is 0.0515. The zero-order valence-corrected chi connectivity index (χ0v) is 16.5. The molecule has 1 atom stereocenters. The molecule has 0 aliphatic carbocycles. The fourth-order valence-electron chi connectivity index (χ4n) is 2.03. The molecule has 1 aromatic carbocycles. The number of nitrogens with one attached hydrogen (secondary N) is 1. The second-order valence-corrected chi connectivity index (χ2v) is 7.69. The highest BCUT2D eigenvalue weighted by Gasteiger charge is 2.19. The van der Waals surface area contributed by atoms with Crippen molar-refractivity contribution in [2.75, 3.05) is 6.54 Å². The molecule has 5 nitrogen and oxygen atoms in total. The topological polar surface area (TPSA) is 64.6 Å². The van der Waals surface area contributed by atoms with Crippen molar-refractivity contribution in [3.63, 3.8) is 0 Å². The van der Waals surface area contributed by atoms with Crippen LogP contribution in [0.15, 0.2) is 22.7 Å². The normalized spacial score (nSPS) is 12.6. The van der Waals surface area contributed by atoms with E-state index >= 15 is 0 Å². The van der Waals surface area contributed by atoms with Crippen molar-refractivity contribution >= 4 is 28.3 Å². The molecule has 1 unspecified atom stereocenters. The molecule has 0 aromatic heterocycles. The van der Waals surface area contributed by atoms with Gasteiger partial charge in [-0.05, 0) is 48.7 Å². The zero-order chi connectivity index (χ0) is 18.3. The minimum Gasteiger partial charge on any atom is -0.489 e. The van der Waals surface area contributed by atoms with Gasteiger partial charge >= 0.3 is 6.09 Å². The van der Waals surface area contributed by atoms with Crippen molar-refractivity contribution in [3.05, 3.63) is 28.2 Å². The van der Waals surface area contributed by atoms with Gasteiger partial charge in [-0.25, -0.2) is 4.79 Å². The number of amides is 1. The highest BCUT2D eigenvalue weighted by atomic mass is 79.9. The Labute approximate surface area is 152 Å². The number of rotatable bonds is 7. The van der Waals surface area contributed by atoms with E-state index in [0.29, 0.717) is 28.8 Å². The van der Waals surface area contributed by atoms with Crippen LogP contribution in [0.3, 0.4) is 0 Å². The molecule has 0 radical (unpaired) electrons. The van der Waals surface area contributed by atoms with E-state index in [2.05, 4.69) is 35.1 Å². The molecule has 0 aliphatic rings. The van der Waals surface area contributed by atoms with Crippen LogP contribution in [0.5, 0.6) is 5.75 Å². The summed E-state index contributed by atoms with van der Waals surface area (Å²) >= 11 is 3.40. The van der Waals surface area contributed by atoms with Crippen molar-refractivity contribution in [2.24, 2.45) is 5.92 Å². The molecule has 1 N–H and O–H groups in total. The van der Waals surface area contributed by atoms with Crippen LogP contribution in [0, 0.1) is 5.92 Å². The standard InChI is InChI=1S/C18H26BrNO4/c1-12(2)14(9-10-20-17(22)24-18(3,4)5)23-15-8-6-7-13(11-21)16(15)19/h6-8,11-12,14H,9-10H2,1-5H3,(H,20,22). The molecule has 0 heterocycles. The maximum absolute atomic E-state index is 11.7. The molecule has 1 rings (SSSR count). The predicted octanol–water partition coefficient (Wildman–Crippen LogP) is 4.58. The van der Waals surface area contributed by atoms with Gasteiger partial charge in [-0.3, -0.25) is 4.79 Å². The molecule has 24 heavy (non-hydrogen) atoms. The number of alkyl carbamates (subject to hydrolysis) is 1. The van der Waals surface area contributed by atoms with Crippen LogP contribution >= 0.6 is 15.9 Å². The monoisotopic (exact) mass is 399 g/mol. The predicted molar refractivity (Wildman–Crippen MR) is 97.6 cm³/mol. The molecule has 1 amide bonds. The minimum absolute atomic E-state index is 0.0989. The summed E-state index contributed by atoms with van der Waals surface area (Å²) in [5.74, 6) is 0.868. The Balaban J connectivity index is 2.63. The lowest BCUT2D eigenvalue weighted by Gasteiger charge is -2.24. The molecule has 0 saturated carbocycles. The van der Waals surface area contributed by atoms with Gasteiger partial charge in [0.2, 0.25) is 0 Å². The maximum Gasteiger partial charge on any atom is 0.407 e. The first-order valence-corrected chi connectivity index (χ1v) is 8.80. The van der Waals surface area contributed by atoms with Crippen LogP contribution in [0.25, 0.3) is 0 Å². The first-order chi connectivity index (χ1) is 11.1. The number of halogens is 1. The van der Waals surface area contributed by atoms with Crippen molar-refractivity contribution in [2.45, 2.75) is 52.7 Å². The van der Waals surface area contributed by atoms with Gasteiger partial charge in [0, 0.05) is 18.5 Å². The first-order valence-electron chi connectivity index (χ1n) is 8.01. The number of benzene rings is 1. The third kappa shape index (κ3) is 6.91. The highest BCUT2D eigenvalue weighted by Crippen LogP contribution is 2.30. The van der Waals surface area contributed by atoms with E-state index in [4.69, 9.17) is 9.47 Å². The van der Waals surface area contributed by atoms with Crippen LogP contribution in [0.1, 0.15) is 51.4 Å². The van der Waals surface area contributed by atoms with Crippen molar-refractivity contribution < 1.29 is 19.1 Å². The molecule has 134 valence electrons. The van der Waals surface area contributed by atoms with Crippen molar-refractivity contribution in [1.82, 2.24) is 5.32 Å². The van der Waals surface area contributed by atoms with E-state index < -0.39 is 11.7 Å². The largest absolute Gasteiger partial charge is 0.489 e. The molecule has 0 spiro atoms. The van der Waals surface area contributed by atoms with Gasteiger partial charge in [0.25, 0.3) is 0 Å². The van der Waals surface area contributed by atoms with E-state index in [-0.39, 0.29) is 12.0 Å². The van der Waals surface area contributed by atoms with Gasteiger partial charge in [0.05, 0.1) is 4.47 Å².